The van der Waals surface area contributed by atoms with E-state index in [4.69, 9.17) is 0 Å². The highest BCUT2D eigenvalue weighted by Gasteiger charge is 2.22. The van der Waals surface area contributed by atoms with Crippen LogP contribution in [0.5, 0.6) is 0 Å². The molecule has 22 heavy (non-hydrogen) atoms. The zero-order valence-electron chi connectivity index (χ0n) is 15.3. The van der Waals surface area contributed by atoms with Crippen molar-refractivity contribution in [1.29, 1.82) is 0 Å². The summed E-state index contributed by atoms with van der Waals surface area (Å²) in [6, 6.07) is 0.789. The van der Waals surface area contributed by atoms with Crippen LogP contribution in [-0.2, 0) is 0 Å². The zero-order valence-corrected chi connectivity index (χ0v) is 15.3. The fraction of sp³-hybridized carbons (Fsp3) is 1.00. The maximum absolute atomic E-state index is 3.57. The summed E-state index contributed by atoms with van der Waals surface area (Å²) < 4.78 is 0. The molecule has 0 heterocycles. The molecule has 0 spiro atoms. The van der Waals surface area contributed by atoms with Gasteiger partial charge in [0, 0.05) is 6.04 Å². The Labute approximate surface area is 140 Å². The second-order valence-electron chi connectivity index (χ2n) is 8.13. The van der Waals surface area contributed by atoms with Gasteiger partial charge in [-0.15, -0.1) is 0 Å². The second kappa shape index (κ2) is 11.5. The van der Waals surface area contributed by atoms with E-state index < -0.39 is 0 Å². The predicted molar refractivity (Wildman–Crippen MR) is 98.3 cm³/mol. The smallest absolute Gasteiger partial charge is 0.00640 e. The summed E-state index contributed by atoms with van der Waals surface area (Å²) in [6.45, 7) is 0. The molecule has 1 heteroatoms. The molecule has 130 valence electrons. The number of hydrogen-bond acceptors (Lipinski definition) is 1. The Morgan fingerprint density at radius 3 is 1.32 bits per heavy atom. The van der Waals surface area contributed by atoms with Crippen LogP contribution in [0.2, 0.25) is 0 Å². The predicted octanol–water partition coefficient (Wildman–Crippen LogP) is 6.47. The van der Waals surface area contributed by atoms with Gasteiger partial charge >= 0.3 is 0 Å². The fourth-order valence-electron chi connectivity index (χ4n) is 4.96. The van der Waals surface area contributed by atoms with Crippen molar-refractivity contribution in [2.75, 3.05) is 7.05 Å². The van der Waals surface area contributed by atoms with Crippen molar-refractivity contribution < 1.29 is 0 Å². The molecule has 0 aromatic carbocycles. The van der Waals surface area contributed by atoms with Gasteiger partial charge in [-0.25, -0.2) is 0 Å². The van der Waals surface area contributed by atoms with Gasteiger partial charge in [-0.05, 0) is 31.7 Å². The topological polar surface area (TPSA) is 12.0 Å². The number of rotatable bonds is 1. The van der Waals surface area contributed by atoms with Gasteiger partial charge in [-0.1, -0.05) is 96.3 Å². The van der Waals surface area contributed by atoms with Crippen LogP contribution < -0.4 is 5.32 Å². The summed E-state index contributed by atoms with van der Waals surface area (Å²) in [6.07, 6.45) is 25.4. The van der Waals surface area contributed by atoms with Crippen molar-refractivity contribution >= 4 is 0 Å². The van der Waals surface area contributed by atoms with Crippen LogP contribution in [-0.4, -0.2) is 13.1 Å². The molecule has 2 fully saturated rings. The van der Waals surface area contributed by atoms with E-state index in [1.54, 1.807) is 12.8 Å². The first kappa shape index (κ1) is 18.3. The van der Waals surface area contributed by atoms with Gasteiger partial charge in [0.1, 0.15) is 0 Å². The Morgan fingerprint density at radius 2 is 0.818 bits per heavy atom. The average Bonchev–Trinajstić information content (AvgIpc) is 2.53. The third-order valence-corrected chi connectivity index (χ3v) is 6.48. The van der Waals surface area contributed by atoms with Gasteiger partial charge in [0.15, 0.2) is 0 Å². The molecule has 0 aromatic heterocycles. The minimum absolute atomic E-state index is 0.789. The van der Waals surface area contributed by atoms with E-state index in [2.05, 4.69) is 12.4 Å². The lowest BCUT2D eigenvalue weighted by Gasteiger charge is -2.30. The van der Waals surface area contributed by atoms with Crippen molar-refractivity contribution in [1.82, 2.24) is 5.32 Å². The zero-order chi connectivity index (χ0) is 15.5. The Bertz CT molecular complexity index is 263. The molecule has 2 rings (SSSR count). The first-order chi connectivity index (χ1) is 10.9. The Kier molecular flexibility index (Phi) is 9.56. The number of fused-ring (bicyclic) bond motifs is 1. The molecular formula is C21H41N. The monoisotopic (exact) mass is 307 g/mol. The van der Waals surface area contributed by atoms with Gasteiger partial charge in [-0.2, -0.15) is 0 Å². The Balaban J connectivity index is 1.90. The summed E-state index contributed by atoms with van der Waals surface area (Å²) in [5.74, 6) is 2.11. The van der Waals surface area contributed by atoms with Gasteiger partial charge in [0.2, 0.25) is 0 Å². The van der Waals surface area contributed by atoms with Crippen LogP contribution in [0.25, 0.3) is 0 Å². The molecule has 0 radical (unpaired) electrons. The number of nitrogens with one attached hydrogen (secondary N) is 1. The summed E-state index contributed by atoms with van der Waals surface area (Å²) in [5.41, 5.74) is 0. The van der Waals surface area contributed by atoms with Gasteiger partial charge < -0.3 is 5.32 Å². The molecule has 2 saturated carbocycles. The second-order valence-corrected chi connectivity index (χ2v) is 8.13. The minimum atomic E-state index is 0.789. The van der Waals surface area contributed by atoms with E-state index in [9.17, 15) is 0 Å². The molecule has 1 N–H and O–H groups in total. The van der Waals surface area contributed by atoms with Crippen LogP contribution in [0, 0.1) is 11.8 Å². The van der Waals surface area contributed by atoms with E-state index >= 15 is 0 Å². The highest BCUT2D eigenvalue weighted by molar-refractivity contribution is 4.75. The standard InChI is InChI=1S/C21H41N/c1-22-21-17-11-7-6-10-14-19-13-8-4-2-3-5-9-15-20(19)16-12-18-21/h19-22H,2-18H2,1H3. The van der Waals surface area contributed by atoms with Crippen molar-refractivity contribution in [2.24, 2.45) is 11.8 Å². The third kappa shape index (κ3) is 7.02. The van der Waals surface area contributed by atoms with E-state index in [1.807, 2.05) is 0 Å². The van der Waals surface area contributed by atoms with Gasteiger partial charge in [0.25, 0.3) is 0 Å². The van der Waals surface area contributed by atoms with Crippen LogP contribution in [0.3, 0.4) is 0 Å². The Hall–Kier alpha value is -0.0400. The van der Waals surface area contributed by atoms with Crippen LogP contribution in [0.4, 0.5) is 0 Å². The molecular weight excluding hydrogens is 266 g/mol. The van der Waals surface area contributed by atoms with Crippen molar-refractivity contribution in [3.8, 4) is 0 Å². The summed E-state index contributed by atoms with van der Waals surface area (Å²) in [5, 5.41) is 3.57. The molecule has 1 nitrogen and oxygen atoms in total. The van der Waals surface area contributed by atoms with Crippen LogP contribution in [0.1, 0.15) is 109 Å². The molecule has 2 aliphatic carbocycles. The van der Waals surface area contributed by atoms with Crippen molar-refractivity contribution in [3.05, 3.63) is 0 Å². The molecule has 0 amide bonds. The lowest BCUT2D eigenvalue weighted by atomic mass is 9.77. The highest BCUT2D eigenvalue weighted by atomic mass is 14.9. The SMILES string of the molecule is CNC1CCCCCCC2CCCCCCCCC2CCC1. The lowest BCUT2D eigenvalue weighted by Crippen LogP contribution is -2.26. The molecule has 0 aliphatic heterocycles. The summed E-state index contributed by atoms with van der Waals surface area (Å²) in [7, 11) is 2.17. The van der Waals surface area contributed by atoms with E-state index in [0.717, 1.165) is 17.9 Å². The first-order valence-corrected chi connectivity index (χ1v) is 10.6. The molecule has 0 bridgehead atoms. The van der Waals surface area contributed by atoms with Crippen LogP contribution in [0.15, 0.2) is 0 Å². The minimum Gasteiger partial charge on any atom is -0.317 e. The molecule has 3 unspecified atom stereocenters. The third-order valence-electron chi connectivity index (χ3n) is 6.48. The maximum Gasteiger partial charge on any atom is 0.00640 e. The maximum atomic E-state index is 3.57. The van der Waals surface area contributed by atoms with Crippen LogP contribution >= 0.6 is 0 Å². The van der Waals surface area contributed by atoms with E-state index in [1.165, 1.54) is 96.3 Å². The molecule has 2 aliphatic rings. The summed E-state index contributed by atoms with van der Waals surface area (Å²) >= 11 is 0. The Morgan fingerprint density at radius 1 is 0.455 bits per heavy atom. The highest BCUT2D eigenvalue weighted by Crippen LogP contribution is 2.34. The lowest BCUT2D eigenvalue weighted by molar-refractivity contribution is 0.226. The molecule has 0 saturated heterocycles. The van der Waals surface area contributed by atoms with Crippen molar-refractivity contribution in [2.45, 2.75) is 115 Å². The van der Waals surface area contributed by atoms with E-state index in [0.29, 0.717) is 0 Å². The fourth-order valence-corrected chi connectivity index (χ4v) is 4.96. The van der Waals surface area contributed by atoms with E-state index in [-0.39, 0.29) is 0 Å². The molecule has 3 atom stereocenters. The normalized spacial score (nSPS) is 34.0. The summed E-state index contributed by atoms with van der Waals surface area (Å²) in [4.78, 5) is 0. The molecule has 0 aromatic rings. The average molecular weight is 308 g/mol. The van der Waals surface area contributed by atoms with Gasteiger partial charge in [-0.3, -0.25) is 0 Å². The van der Waals surface area contributed by atoms with Gasteiger partial charge in [0.05, 0.1) is 0 Å². The first-order valence-electron chi connectivity index (χ1n) is 10.6. The number of hydrogen-bond donors (Lipinski definition) is 1. The largest absolute Gasteiger partial charge is 0.317 e. The quantitative estimate of drug-likeness (QED) is 0.585. The van der Waals surface area contributed by atoms with Crippen molar-refractivity contribution in [3.63, 3.8) is 0 Å².